The lowest BCUT2D eigenvalue weighted by Crippen LogP contribution is -2.37. The van der Waals surface area contributed by atoms with Crippen LogP contribution in [0.4, 0.5) is 5.82 Å². The third kappa shape index (κ3) is 4.21. The molecule has 2 aliphatic rings. The van der Waals surface area contributed by atoms with Crippen molar-refractivity contribution in [3.05, 3.63) is 47.7 Å². The highest BCUT2D eigenvalue weighted by Gasteiger charge is 2.21. The van der Waals surface area contributed by atoms with Crippen LogP contribution in [0.15, 0.2) is 36.5 Å². The molecule has 1 N–H and O–H groups in total. The van der Waals surface area contributed by atoms with Gasteiger partial charge in [0.2, 0.25) is 0 Å². The second-order valence-electron chi connectivity index (χ2n) is 7.56. The van der Waals surface area contributed by atoms with E-state index in [1.807, 2.05) is 35.2 Å². The summed E-state index contributed by atoms with van der Waals surface area (Å²) in [6.07, 6.45) is 4.69. The van der Waals surface area contributed by atoms with E-state index in [1.54, 1.807) is 6.20 Å². The van der Waals surface area contributed by atoms with Crippen molar-refractivity contribution < 1.29 is 14.3 Å². The summed E-state index contributed by atoms with van der Waals surface area (Å²) < 4.78 is 11.6. The molecule has 2 aliphatic heterocycles. The van der Waals surface area contributed by atoms with E-state index in [-0.39, 0.29) is 5.91 Å². The summed E-state index contributed by atoms with van der Waals surface area (Å²) in [5.74, 6) is 3.11. The van der Waals surface area contributed by atoms with Crippen molar-refractivity contribution in [1.82, 2.24) is 9.88 Å². The second kappa shape index (κ2) is 8.50. The summed E-state index contributed by atoms with van der Waals surface area (Å²) in [4.78, 5) is 19.0. The van der Waals surface area contributed by atoms with Crippen LogP contribution in [0.3, 0.4) is 0 Å². The smallest absolute Gasteiger partial charge is 0.255 e. The molecule has 0 saturated carbocycles. The molecule has 0 bridgehead atoms. The summed E-state index contributed by atoms with van der Waals surface area (Å²) in [5.41, 5.74) is 1.68. The number of aromatic nitrogens is 1. The van der Waals surface area contributed by atoms with Crippen LogP contribution in [0.1, 0.15) is 42.1 Å². The van der Waals surface area contributed by atoms with E-state index in [9.17, 15) is 4.79 Å². The molecule has 3 heterocycles. The van der Waals surface area contributed by atoms with Crippen LogP contribution < -0.4 is 14.8 Å². The van der Waals surface area contributed by atoms with Crippen LogP contribution in [-0.2, 0) is 6.54 Å². The van der Waals surface area contributed by atoms with Crippen molar-refractivity contribution >= 4 is 11.7 Å². The number of ether oxygens (including phenoxy) is 2. The summed E-state index contributed by atoms with van der Waals surface area (Å²) >= 11 is 0. The normalized spacial score (nSPS) is 17.1. The molecule has 28 heavy (non-hydrogen) atoms. The minimum absolute atomic E-state index is 0.0740. The van der Waals surface area contributed by atoms with Gasteiger partial charge in [0.15, 0.2) is 11.5 Å². The number of fused-ring (bicyclic) bond motifs is 1. The van der Waals surface area contributed by atoms with Gasteiger partial charge in [0.25, 0.3) is 5.91 Å². The lowest BCUT2D eigenvalue weighted by molar-refractivity contribution is 0.0697. The predicted octanol–water partition coefficient (Wildman–Crippen LogP) is 3.73. The number of carbonyl (C=O) groups excluding carboxylic acids is 1. The van der Waals surface area contributed by atoms with Crippen molar-refractivity contribution in [2.24, 2.45) is 5.92 Å². The molecular weight excluding hydrogens is 354 g/mol. The molecule has 2 aromatic rings. The highest BCUT2D eigenvalue weighted by atomic mass is 16.5. The molecule has 6 heteroatoms. The number of carbonyl (C=O) groups is 1. The topological polar surface area (TPSA) is 63.7 Å². The minimum Gasteiger partial charge on any atom is -0.490 e. The number of hydrogen-bond donors (Lipinski definition) is 1. The number of amides is 1. The number of pyridine rings is 1. The number of hydrogen-bond acceptors (Lipinski definition) is 5. The molecule has 0 atom stereocenters. The van der Waals surface area contributed by atoms with Crippen molar-refractivity contribution in [3.63, 3.8) is 0 Å². The lowest BCUT2D eigenvalue weighted by atomic mass is 9.99. The first-order valence-corrected chi connectivity index (χ1v) is 10.1. The summed E-state index contributed by atoms with van der Waals surface area (Å²) in [6.45, 7) is 5.83. The Balaban J connectivity index is 1.38. The quantitative estimate of drug-likeness (QED) is 0.874. The first-order valence-electron chi connectivity index (χ1n) is 10.1. The standard InChI is InChI=1S/C22H27N3O3/c1-16-8-10-25(11-9-16)22(26)18-6-7-20(24-15-18)23-14-17-4-2-5-19-21(17)28-13-3-12-27-19/h2,4-7,15-16H,3,8-14H2,1H3,(H,23,24). The Bertz CT molecular complexity index is 814. The Kier molecular flexibility index (Phi) is 5.65. The lowest BCUT2D eigenvalue weighted by Gasteiger charge is -2.30. The van der Waals surface area contributed by atoms with E-state index in [0.717, 1.165) is 55.2 Å². The summed E-state index contributed by atoms with van der Waals surface area (Å²) in [5, 5.41) is 3.31. The van der Waals surface area contributed by atoms with Crippen molar-refractivity contribution in [1.29, 1.82) is 0 Å². The Labute approximate surface area is 165 Å². The monoisotopic (exact) mass is 381 g/mol. The fourth-order valence-electron chi connectivity index (χ4n) is 3.60. The Morgan fingerprint density at radius 2 is 2.00 bits per heavy atom. The molecule has 0 aliphatic carbocycles. The van der Waals surface area contributed by atoms with Crippen molar-refractivity contribution in [2.45, 2.75) is 32.7 Å². The van der Waals surface area contributed by atoms with Crippen molar-refractivity contribution in [3.8, 4) is 11.5 Å². The number of anilines is 1. The second-order valence-corrected chi connectivity index (χ2v) is 7.56. The highest BCUT2D eigenvalue weighted by molar-refractivity contribution is 5.94. The van der Waals surface area contributed by atoms with Gasteiger partial charge >= 0.3 is 0 Å². The average Bonchev–Trinajstić information content (AvgIpc) is 2.99. The SMILES string of the molecule is CC1CCN(C(=O)c2ccc(NCc3cccc4c3OCCCO4)nc2)CC1. The third-order valence-electron chi connectivity index (χ3n) is 5.39. The number of nitrogens with zero attached hydrogens (tertiary/aromatic N) is 2. The van der Waals surface area contributed by atoms with Crippen LogP contribution in [0, 0.1) is 5.92 Å². The average molecular weight is 381 g/mol. The first-order chi connectivity index (χ1) is 13.7. The van der Waals surface area contributed by atoms with Gasteiger partial charge in [-0.25, -0.2) is 4.98 Å². The maximum absolute atomic E-state index is 12.6. The molecule has 1 aromatic heterocycles. The predicted molar refractivity (Wildman–Crippen MR) is 108 cm³/mol. The van der Waals surface area contributed by atoms with Gasteiger partial charge in [0.05, 0.1) is 18.8 Å². The van der Waals surface area contributed by atoms with Crippen LogP contribution in [0.2, 0.25) is 0 Å². The van der Waals surface area contributed by atoms with Gasteiger partial charge in [0.1, 0.15) is 5.82 Å². The van der Waals surface area contributed by atoms with Crippen LogP contribution in [0.25, 0.3) is 0 Å². The van der Waals surface area contributed by atoms with Crippen LogP contribution in [-0.4, -0.2) is 42.1 Å². The molecule has 4 rings (SSSR count). The molecule has 0 radical (unpaired) electrons. The molecule has 1 amide bonds. The molecule has 1 aromatic carbocycles. The Morgan fingerprint density at radius 1 is 1.18 bits per heavy atom. The van der Waals surface area contributed by atoms with E-state index in [0.29, 0.717) is 31.2 Å². The number of rotatable bonds is 4. The van der Waals surface area contributed by atoms with Gasteiger partial charge in [-0.3, -0.25) is 4.79 Å². The number of para-hydroxylation sites is 1. The number of likely N-dealkylation sites (tertiary alicyclic amines) is 1. The first kappa shape index (κ1) is 18.6. The number of piperidine rings is 1. The zero-order chi connectivity index (χ0) is 19.3. The summed E-state index contributed by atoms with van der Waals surface area (Å²) in [6, 6.07) is 9.64. The molecule has 1 fully saturated rings. The van der Waals surface area contributed by atoms with Crippen LogP contribution in [0.5, 0.6) is 11.5 Å². The van der Waals surface area contributed by atoms with Gasteiger partial charge in [-0.05, 0) is 37.0 Å². The number of nitrogens with one attached hydrogen (secondary N) is 1. The molecule has 148 valence electrons. The van der Waals surface area contributed by atoms with E-state index >= 15 is 0 Å². The van der Waals surface area contributed by atoms with E-state index < -0.39 is 0 Å². The van der Waals surface area contributed by atoms with Gasteiger partial charge in [-0.2, -0.15) is 0 Å². The van der Waals surface area contributed by atoms with Gasteiger partial charge in [-0.1, -0.05) is 19.1 Å². The van der Waals surface area contributed by atoms with Gasteiger partial charge in [0, 0.05) is 37.8 Å². The molecular formula is C22H27N3O3. The van der Waals surface area contributed by atoms with Gasteiger partial charge < -0.3 is 19.7 Å². The largest absolute Gasteiger partial charge is 0.490 e. The highest BCUT2D eigenvalue weighted by Crippen LogP contribution is 2.33. The maximum Gasteiger partial charge on any atom is 0.255 e. The maximum atomic E-state index is 12.6. The molecule has 6 nitrogen and oxygen atoms in total. The third-order valence-corrected chi connectivity index (χ3v) is 5.39. The van der Waals surface area contributed by atoms with E-state index in [1.165, 1.54) is 0 Å². The minimum atomic E-state index is 0.0740. The van der Waals surface area contributed by atoms with E-state index in [2.05, 4.69) is 17.2 Å². The number of benzene rings is 1. The van der Waals surface area contributed by atoms with Crippen LogP contribution >= 0.6 is 0 Å². The molecule has 0 unspecified atom stereocenters. The Morgan fingerprint density at radius 3 is 2.79 bits per heavy atom. The van der Waals surface area contributed by atoms with E-state index in [4.69, 9.17) is 9.47 Å². The summed E-state index contributed by atoms with van der Waals surface area (Å²) in [7, 11) is 0. The van der Waals surface area contributed by atoms with Crippen molar-refractivity contribution in [2.75, 3.05) is 31.6 Å². The fourth-order valence-corrected chi connectivity index (χ4v) is 3.60. The zero-order valence-corrected chi connectivity index (χ0v) is 16.3. The van der Waals surface area contributed by atoms with Gasteiger partial charge in [-0.15, -0.1) is 0 Å². The molecule has 1 saturated heterocycles. The zero-order valence-electron chi connectivity index (χ0n) is 16.3. The fraction of sp³-hybridized carbons (Fsp3) is 0.455. The Hall–Kier alpha value is -2.76. The molecule has 0 spiro atoms.